The Bertz CT molecular complexity index is 405. The number of nitrogens with zero attached hydrogens (tertiary/aromatic N) is 2. The number of aromatic amines is 1. The molecule has 0 aromatic carbocycles. The summed E-state index contributed by atoms with van der Waals surface area (Å²) in [5.41, 5.74) is 7.42. The molecule has 4 N–H and O–H groups in total. The van der Waals surface area contributed by atoms with Crippen LogP contribution in [0.4, 0.5) is 11.5 Å². The zero-order chi connectivity index (χ0) is 8.55. The summed E-state index contributed by atoms with van der Waals surface area (Å²) in [7, 11) is 1.83. The Morgan fingerprint density at radius 3 is 3.08 bits per heavy atom. The molecule has 0 radical (unpaired) electrons. The average Bonchev–Trinajstić information content (AvgIpc) is 2.54. The van der Waals surface area contributed by atoms with Crippen LogP contribution in [0.15, 0.2) is 12.4 Å². The first-order valence-corrected chi connectivity index (χ1v) is 3.58. The molecule has 0 amide bonds. The minimum absolute atomic E-state index is 0.498. The van der Waals surface area contributed by atoms with E-state index in [9.17, 15) is 0 Å². The Labute approximate surface area is 69.0 Å². The molecule has 0 aliphatic heterocycles. The standard InChI is InChI=1S/C7H9N5/c1-9-5-3-10-7(8)4-2-11-12-6(4)5/h2-3,9H,1H3,(H2,8,10)(H,11,12). The largest absolute Gasteiger partial charge is 0.385 e. The van der Waals surface area contributed by atoms with Crippen LogP contribution in [0.25, 0.3) is 10.9 Å². The Kier molecular flexibility index (Phi) is 1.36. The Morgan fingerprint density at radius 1 is 1.50 bits per heavy atom. The predicted octanol–water partition coefficient (Wildman–Crippen LogP) is 0.582. The molecule has 0 spiro atoms. The van der Waals surface area contributed by atoms with Crippen molar-refractivity contribution in [2.24, 2.45) is 0 Å². The van der Waals surface area contributed by atoms with E-state index in [1.54, 1.807) is 12.4 Å². The van der Waals surface area contributed by atoms with E-state index in [0.29, 0.717) is 5.82 Å². The monoisotopic (exact) mass is 163 g/mol. The van der Waals surface area contributed by atoms with Gasteiger partial charge >= 0.3 is 0 Å². The molecule has 2 heterocycles. The summed E-state index contributed by atoms with van der Waals surface area (Å²) >= 11 is 0. The van der Waals surface area contributed by atoms with E-state index in [2.05, 4.69) is 20.5 Å². The molecule has 12 heavy (non-hydrogen) atoms. The van der Waals surface area contributed by atoms with Gasteiger partial charge in [0.2, 0.25) is 0 Å². The molecule has 0 unspecified atom stereocenters. The molecule has 5 nitrogen and oxygen atoms in total. The van der Waals surface area contributed by atoms with Crippen molar-refractivity contribution in [1.82, 2.24) is 15.2 Å². The zero-order valence-electron chi connectivity index (χ0n) is 6.63. The summed E-state index contributed by atoms with van der Waals surface area (Å²) in [4.78, 5) is 4.01. The Hall–Kier alpha value is -1.78. The van der Waals surface area contributed by atoms with Crippen molar-refractivity contribution in [3.8, 4) is 0 Å². The molecular weight excluding hydrogens is 154 g/mol. The molecular formula is C7H9N5. The fourth-order valence-electron chi connectivity index (χ4n) is 1.14. The van der Waals surface area contributed by atoms with Crippen LogP contribution in [0.3, 0.4) is 0 Å². The molecule has 62 valence electrons. The molecule has 0 bridgehead atoms. The molecule has 0 aliphatic carbocycles. The van der Waals surface area contributed by atoms with E-state index in [1.165, 1.54) is 0 Å². The van der Waals surface area contributed by atoms with Crippen molar-refractivity contribution in [1.29, 1.82) is 0 Å². The van der Waals surface area contributed by atoms with Gasteiger partial charge in [-0.15, -0.1) is 0 Å². The Morgan fingerprint density at radius 2 is 2.33 bits per heavy atom. The van der Waals surface area contributed by atoms with Gasteiger partial charge < -0.3 is 11.1 Å². The summed E-state index contributed by atoms with van der Waals surface area (Å²) in [6, 6.07) is 0. The molecule has 2 aromatic heterocycles. The lowest BCUT2D eigenvalue weighted by Crippen LogP contribution is -1.95. The van der Waals surface area contributed by atoms with Crippen molar-refractivity contribution < 1.29 is 0 Å². The highest BCUT2D eigenvalue weighted by molar-refractivity contribution is 5.95. The SMILES string of the molecule is CNc1cnc(N)c2cn[nH]c12. The fourth-order valence-corrected chi connectivity index (χ4v) is 1.14. The lowest BCUT2D eigenvalue weighted by molar-refractivity contribution is 1.12. The highest BCUT2D eigenvalue weighted by Crippen LogP contribution is 2.22. The summed E-state index contributed by atoms with van der Waals surface area (Å²) in [5, 5.41) is 10.6. The second-order valence-electron chi connectivity index (χ2n) is 2.47. The van der Waals surface area contributed by atoms with Gasteiger partial charge in [0.15, 0.2) is 0 Å². The molecule has 2 aromatic rings. The number of H-pyrrole nitrogens is 1. The Balaban J connectivity index is 2.82. The van der Waals surface area contributed by atoms with Crippen molar-refractivity contribution in [3.63, 3.8) is 0 Å². The molecule has 5 heteroatoms. The van der Waals surface area contributed by atoms with Crippen LogP contribution in [-0.2, 0) is 0 Å². The maximum absolute atomic E-state index is 5.63. The highest BCUT2D eigenvalue weighted by atomic mass is 15.1. The van der Waals surface area contributed by atoms with Gasteiger partial charge in [0.25, 0.3) is 0 Å². The second kappa shape index (κ2) is 2.37. The van der Waals surface area contributed by atoms with Gasteiger partial charge in [0.1, 0.15) is 5.82 Å². The maximum atomic E-state index is 5.63. The summed E-state index contributed by atoms with van der Waals surface area (Å²) in [6.07, 6.45) is 3.34. The van der Waals surface area contributed by atoms with Gasteiger partial charge in [-0.2, -0.15) is 5.10 Å². The molecule has 2 rings (SSSR count). The first-order chi connectivity index (χ1) is 5.83. The molecule has 0 fully saturated rings. The molecule has 0 saturated carbocycles. The van der Waals surface area contributed by atoms with E-state index in [0.717, 1.165) is 16.6 Å². The number of pyridine rings is 1. The van der Waals surface area contributed by atoms with Crippen molar-refractivity contribution in [2.45, 2.75) is 0 Å². The number of hydrogen-bond acceptors (Lipinski definition) is 4. The highest BCUT2D eigenvalue weighted by Gasteiger charge is 2.04. The van der Waals surface area contributed by atoms with E-state index in [1.807, 2.05) is 7.05 Å². The number of aromatic nitrogens is 3. The van der Waals surface area contributed by atoms with Crippen LogP contribution < -0.4 is 11.1 Å². The van der Waals surface area contributed by atoms with Crippen molar-refractivity contribution >= 4 is 22.4 Å². The third-order valence-corrected chi connectivity index (χ3v) is 1.79. The zero-order valence-corrected chi connectivity index (χ0v) is 6.63. The first kappa shape index (κ1) is 6.90. The molecule has 0 saturated heterocycles. The summed E-state index contributed by atoms with van der Waals surface area (Å²) in [5.74, 6) is 0.498. The number of hydrogen-bond donors (Lipinski definition) is 3. The third kappa shape index (κ3) is 0.795. The lowest BCUT2D eigenvalue weighted by atomic mass is 10.3. The minimum Gasteiger partial charge on any atom is -0.385 e. The van der Waals surface area contributed by atoms with Crippen molar-refractivity contribution in [3.05, 3.63) is 12.4 Å². The lowest BCUT2D eigenvalue weighted by Gasteiger charge is -2.01. The van der Waals surface area contributed by atoms with Gasteiger partial charge in [-0.3, -0.25) is 5.10 Å². The summed E-state index contributed by atoms with van der Waals surface area (Å²) < 4.78 is 0. The van der Waals surface area contributed by atoms with Crippen LogP contribution in [0, 0.1) is 0 Å². The molecule has 0 atom stereocenters. The van der Waals surface area contributed by atoms with Gasteiger partial charge in [-0.05, 0) is 0 Å². The third-order valence-electron chi connectivity index (χ3n) is 1.79. The van der Waals surface area contributed by atoms with Crippen LogP contribution in [-0.4, -0.2) is 22.2 Å². The number of anilines is 2. The van der Waals surface area contributed by atoms with Gasteiger partial charge in [0.05, 0.1) is 29.0 Å². The first-order valence-electron chi connectivity index (χ1n) is 3.58. The van der Waals surface area contributed by atoms with E-state index >= 15 is 0 Å². The van der Waals surface area contributed by atoms with Gasteiger partial charge in [-0.25, -0.2) is 4.98 Å². The number of fused-ring (bicyclic) bond motifs is 1. The molecule has 0 aliphatic rings. The smallest absolute Gasteiger partial charge is 0.134 e. The fraction of sp³-hybridized carbons (Fsp3) is 0.143. The predicted molar refractivity (Wildman–Crippen MR) is 47.8 cm³/mol. The second-order valence-corrected chi connectivity index (χ2v) is 2.47. The van der Waals surface area contributed by atoms with E-state index in [4.69, 9.17) is 5.73 Å². The van der Waals surface area contributed by atoms with Crippen LogP contribution in [0.1, 0.15) is 0 Å². The topological polar surface area (TPSA) is 79.6 Å². The van der Waals surface area contributed by atoms with Crippen LogP contribution >= 0.6 is 0 Å². The van der Waals surface area contributed by atoms with E-state index < -0.39 is 0 Å². The number of nitrogens with one attached hydrogen (secondary N) is 2. The van der Waals surface area contributed by atoms with Crippen LogP contribution in [0.5, 0.6) is 0 Å². The van der Waals surface area contributed by atoms with Gasteiger partial charge in [0, 0.05) is 7.05 Å². The number of rotatable bonds is 1. The number of nitrogen functional groups attached to an aromatic ring is 1. The minimum atomic E-state index is 0.498. The van der Waals surface area contributed by atoms with Crippen molar-refractivity contribution in [2.75, 3.05) is 18.1 Å². The quantitative estimate of drug-likeness (QED) is 0.574. The van der Waals surface area contributed by atoms with Crippen LogP contribution in [0.2, 0.25) is 0 Å². The average molecular weight is 163 g/mol. The summed E-state index contributed by atoms with van der Waals surface area (Å²) in [6.45, 7) is 0. The van der Waals surface area contributed by atoms with Gasteiger partial charge in [-0.1, -0.05) is 0 Å². The maximum Gasteiger partial charge on any atom is 0.134 e. The number of nitrogens with two attached hydrogens (primary N) is 1. The normalized spacial score (nSPS) is 10.4. The van der Waals surface area contributed by atoms with E-state index in [-0.39, 0.29) is 0 Å².